The van der Waals surface area contributed by atoms with E-state index < -0.39 is 0 Å². The van der Waals surface area contributed by atoms with Gasteiger partial charge in [-0.15, -0.1) is 0 Å². The van der Waals surface area contributed by atoms with Crippen molar-refractivity contribution in [3.05, 3.63) is 59.7 Å². The Balaban J connectivity index is 1.58. The standard InChI is InChI=1S/C19H23N3O/c1-16-7-9-18(10-8-16)21-11-13-22(14-12-21)20-15-17-5-3-4-6-19(17)23-2/h3-10,15H,11-14H2,1-2H3/b20-15-. The smallest absolute Gasteiger partial charge is 0.127 e. The van der Waals surface area contributed by atoms with Gasteiger partial charge in [0, 0.05) is 24.3 Å². The number of hydrogen-bond donors (Lipinski definition) is 0. The Morgan fingerprint density at radius 2 is 1.65 bits per heavy atom. The first-order valence-corrected chi connectivity index (χ1v) is 8.00. The van der Waals surface area contributed by atoms with E-state index in [1.807, 2.05) is 30.5 Å². The lowest BCUT2D eigenvalue weighted by Crippen LogP contribution is -2.44. The van der Waals surface area contributed by atoms with Crippen LogP contribution in [0.25, 0.3) is 0 Å². The average Bonchev–Trinajstić information content (AvgIpc) is 2.61. The number of nitrogens with zero attached hydrogens (tertiary/aromatic N) is 3. The van der Waals surface area contributed by atoms with Crippen LogP contribution in [0.2, 0.25) is 0 Å². The number of anilines is 1. The summed E-state index contributed by atoms with van der Waals surface area (Å²) >= 11 is 0. The Labute approximate surface area is 138 Å². The Kier molecular flexibility index (Phi) is 4.81. The second-order valence-electron chi connectivity index (χ2n) is 5.76. The van der Waals surface area contributed by atoms with Crippen LogP contribution in [0.5, 0.6) is 5.75 Å². The molecule has 1 saturated heterocycles. The highest BCUT2D eigenvalue weighted by Gasteiger charge is 2.15. The van der Waals surface area contributed by atoms with Crippen LogP contribution in [-0.2, 0) is 0 Å². The van der Waals surface area contributed by atoms with Crippen molar-refractivity contribution >= 4 is 11.9 Å². The van der Waals surface area contributed by atoms with Crippen LogP contribution >= 0.6 is 0 Å². The van der Waals surface area contributed by atoms with Crippen LogP contribution in [0.15, 0.2) is 53.6 Å². The average molecular weight is 309 g/mol. The molecule has 2 aromatic carbocycles. The van der Waals surface area contributed by atoms with E-state index in [0.29, 0.717) is 0 Å². The van der Waals surface area contributed by atoms with Crippen LogP contribution < -0.4 is 9.64 Å². The summed E-state index contributed by atoms with van der Waals surface area (Å²) in [4.78, 5) is 2.41. The quantitative estimate of drug-likeness (QED) is 0.812. The molecular weight excluding hydrogens is 286 g/mol. The molecule has 1 aliphatic rings. The molecule has 0 amide bonds. The zero-order valence-electron chi connectivity index (χ0n) is 13.8. The molecule has 4 heteroatoms. The van der Waals surface area contributed by atoms with Gasteiger partial charge in [-0.25, -0.2) is 0 Å². The van der Waals surface area contributed by atoms with Gasteiger partial charge in [-0.05, 0) is 31.2 Å². The van der Waals surface area contributed by atoms with Crippen LogP contribution in [0, 0.1) is 6.92 Å². The van der Waals surface area contributed by atoms with Gasteiger partial charge in [0.2, 0.25) is 0 Å². The lowest BCUT2D eigenvalue weighted by molar-refractivity contribution is 0.272. The van der Waals surface area contributed by atoms with E-state index in [-0.39, 0.29) is 0 Å². The molecule has 1 aliphatic heterocycles. The van der Waals surface area contributed by atoms with E-state index in [0.717, 1.165) is 37.5 Å². The first-order chi connectivity index (χ1) is 11.3. The summed E-state index contributed by atoms with van der Waals surface area (Å²) in [7, 11) is 1.69. The number of piperazine rings is 1. The molecule has 0 unspecified atom stereocenters. The van der Waals surface area contributed by atoms with E-state index in [4.69, 9.17) is 4.74 Å². The molecule has 0 aromatic heterocycles. The molecule has 0 radical (unpaired) electrons. The van der Waals surface area contributed by atoms with Crippen molar-refractivity contribution in [1.29, 1.82) is 0 Å². The molecule has 4 nitrogen and oxygen atoms in total. The topological polar surface area (TPSA) is 28.1 Å². The monoisotopic (exact) mass is 309 g/mol. The van der Waals surface area contributed by atoms with Gasteiger partial charge in [-0.3, -0.25) is 5.01 Å². The molecule has 23 heavy (non-hydrogen) atoms. The van der Waals surface area contributed by atoms with Crippen LogP contribution in [0.3, 0.4) is 0 Å². The zero-order chi connectivity index (χ0) is 16.1. The molecule has 0 saturated carbocycles. The Morgan fingerprint density at radius 1 is 0.957 bits per heavy atom. The maximum absolute atomic E-state index is 5.35. The summed E-state index contributed by atoms with van der Waals surface area (Å²) in [6.07, 6.45) is 1.89. The van der Waals surface area contributed by atoms with Crippen molar-refractivity contribution in [3.63, 3.8) is 0 Å². The van der Waals surface area contributed by atoms with Crippen LogP contribution in [-0.4, -0.2) is 44.5 Å². The minimum Gasteiger partial charge on any atom is -0.496 e. The fourth-order valence-electron chi connectivity index (χ4n) is 2.74. The predicted molar refractivity (Wildman–Crippen MR) is 95.6 cm³/mol. The first kappa shape index (κ1) is 15.4. The lowest BCUT2D eigenvalue weighted by atomic mass is 10.2. The first-order valence-electron chi connectivity index (χ1n) is 8.00. The summed E-state index contributed by atoms with van der Waals surface area (Å²) in [6, 6.07) is 16.7. The van der Waals surface area contributed by atoms with Gasteiger partial charge in [-0.1, -0.05) is 29.8 Å². The number of ether oxygens (including phenoxy) is 1. The third kappa shape index (κ3) is 3.83. The lowest BCUT2D eigenvalue weighted by Gasteiger charge is -2.34. The fraction of sp³-hybridized carbons (Fsp3) is 0.316. The summed E-state index contributed by atoms with van der Waals surface area (Å²) in [5.41, 5.74) is 3.61. The zero-order valence-corrected chi connectivity index (χ0v) is 13.8. The molecule has 0 aliphatic carbocycles. The van der Waals surface area contributed by atoms with Crippen LogP contribution in [0.4, 0.5) is 5.69 Å². The van der Waals surface area contributed by atoms with Gasteiger partial charge >= 0.3 is 0 Å². The van der Waals surface area contributed by atoms with E-state index in [1.165, 1.54) is 11.3 Å². The maximum atomic E-state index is 5.35. The second kappa shape index (κ2) is 7.18. The van der Waals surface area contributed by atoms with Gasteiger partial charge in [0.05, 0.1) is 26.4 Å². The third-order valence-electron chi connectivity index (χ3n) is 4.15. The molecule has 1 fully saturated rings. The second-order valence-corrected chi connectivity index (χ2v) is 5.76. The van der Waals surface area contributed by atoms with E-state index in [1.54, 1.807) is 7.11 Å². The predicted octanol–water partition coefficient (Wildman–Crippen LogP) is 3.16. The molecule has 0 N–H and O–H groups in total. The Bertz CT molecular complexity index is 659. The molecule has 3 rings (SSSR count). The van der Waals surface area contributed by atoms with E-state index in [2.05, 4.69) is 46.2 Å². The van der Waals surface area contributed by atoms with Gasteiger partial charge in [0.25, 0.3) is 0 Å². The molecule has 2 aromatic rings. The molecular formula is C19H23N3O. The van der Waals surface area contributed by atoms with Crippen LogP contribution in [0.1, 0.15) is 11.1 Å². The van der Waals surface area contributed by atoms with Crippen molar-refractivity contribution in [1.82, 2.24) is 5.01 Å². The number of hydrazone groups is 1. The van der Waals surface area contributed by atoms with Crippen molar-refractivity contribution in [2.45, 2.75) is 6.92 Å². The van der Waals surface area contributed by atoms with Crippen molar-refractivity contribution < 1.29 is 4.74 Å². The van der Waals surface area contributed by atoms with Gasteiger partial charge in [-0.2, -0.15) is 5.10 Å². The number of aryl methyl sites for hydroxylation is 1. The van der Waals surface area contributed by atoms with E-state index >= 15 is 0 Å². The number of benzene rings is 2. The summed E-state index contributed by atoms with van der Waals surface area (Å²) in [6.45, 7) is 5.96. The number of rotatable bonds is 4. The highest BCUT2D eigenvalue weighted by atomic mass is 16.5. The Morgan fingerprint density at radius 3 is 2.35 bits per heavy atom. The third-order valence-corrected chi connectivity index (χ3v) is 4.15. The summed E-state index contributed by atoms with van der Waals surface area (Å²) in [5, 5.41) is 6.73. The highest BCUT2D eigenvalue weighted by molar-refractivity contribution is 5.83. The molecule has 0 bridgehead atoms. The molecule has 1 heterocycles. The fourth-order valence-corrected chi connectivity index (χ4v) is 2.74. The van der Waals surface area contributed by atoms with E-state index in [9.17, 15) is 0 Å². The number of hydrogen-bond acceptors (Lipinski definition) is 4. The SMILES string of the molecule is COc1ccccc1/C=N\N1CCN(c2ccc(C)cc2)CC1. The molecule has 0 atom stereocenters. The number of methoxy groups -OCH3 is 1. The normalized spacial score (nSPS) is 15.2. The van der Waals surface area contributed by atoms with Crippen molar-refractivity contribution in [2.24, 2.45) is 5.10 Å². The number of para-hydroxylation sites is 1. The highest BCUT2D eigenvalue weighted by Crippen LogP contribution is 2.18. The molecule has 120 valence electrons. The summed E-state index contributed by atoms with van der Waals surface area (Å²) < 4.78 is 5.35. The van der Waals surface area contributed by atoms with Crippen molar-refractivity contribution in [3.8, 4) is 5.75 Å². The largest absolute Gasteiger partial charge is 0.496 e. The Hall–Kier alpha value is -2.49. The van der Waals surface area contributed by atoms with Crippen molar-refractivity contribution in [2.75, 3.05) is 38.2 Å². The molecule has 0 spiro atoms. The maximum Gasteiger partial charge on any atom is 0.127 e. The minimum atomic E-state index is 0.856. The van der Waals surface area contributed by atoms with Gasteiger partial charge in [0.15, 0.2) is 0 Å². The summed E-state index contributed by atoms with van der Waals surface area (Å²) in [5.74, 6) is 0.856. The van der Waals surface area contributed by atoms with Gasteiger partial charge in [0.1, 0.15) is 5.75 Å². The minimum absolute atomic E-state index is 0.856. The van der Waals surface area contributed by atoms with Gasteiger partial charge < -0.3 is 9.64 Å².